The topological polar surface area (TPSA) is 89.8 Å². The molecule has 1 N–H and O–H groups in total. The van der Waals surface area contributed by atoms with Gasteiger partial charge in [0.15, 0.2) is 0 Å². The molecule has 1 saturated carbocycles. The summed E-state index contributed by atoms with van der Waals surface area (Å²) in [6.07, 6.45) is 9.54. The number of amidine groups is 1. The second kappa shape index (κ2) is 5.73. The highest BCUT2D eigenvalue weighted by Crippen LogP contribution is 2.54. The Balaban J connectivity index is 1.95. The lowest BCUT2D eigenvalue weighted by molar-refractivity contribution is 0.350. The van der Waals surface area contributed by atoms with Gasteiger partial charge in [-0.3, -0.25) is 9.67 Å². The van der Waals surface area contributed by atoms with E-state index in [2.05, 4.69) is 27.5 Å². The normalized spacial score (nSPS) is 23.0. The van der Waals surface area contributed by atoms with Gasteiger partial charge < -0.3 is 5.32 Å². The number of nitrogens with one attached hydrogen (secondary N) is 1. The molecule has 0 aromatic carbocycles. The summed E-state index contributed by atoms with van der Waals surface area (Å²) in [6, 6.07) is 4.39. The molecule has 2 heterocycles. The van der Waals surface area contributed by atoms with E-state index in [9.17, 15) is 5.26 Å². The van der Waals surface area contributed by atoms with Gasteiger partial charge in [0.1, 0.15) is 5.84 Å². The summed E-state index contributed by atoms with van der Waals surface area (Å²) in [4.78, 5) is 4.22. The third-order valence-corrected chi connectivity index (χ3v) is 4.64. The van der Waals surface area contributed by atoms with Gasteiger partial charge in [0.2, 0.25) is 0 Å². The summed E-state index contributed by atoms with van der Waals surface area (Å²) >= 11 is 0. The Morgan fingerprint density at radius 2 is 2.30 bits per heavy atom. The van der Waals surface area contributed by atoms with Crippen molar-refractivity contribution in [3.8, 4) is 12.1 Å². The second-order valence-electron chi connectivity index (χ2n) is 5.94. The highest BCUT2D eigenvalue weighted by Gasteiger charge is 2.51. The molecule has 1 aromatic rings. The molecule has 1 unspecified atom stereocenters. The number of rotatable bonds is 4. The van der Waals surface area contributed by atoms with E-state index in [0.717, 1.165) is 35.4 Å². The van der Waals surface area contributed by atoms with Crippen LogP contribution in [-0.2, 0) is 0 Å². The minimum atomic E-state index is -0.426. The van der Waals surface area contributed by atoms with Crippen LogP contribution in [0.5, 0.6) is 0 Å². The fourth-order valence-electron chi connectivity index (χ4n) is 2.99. The molecule has 0 saturated heterocycles. The first-order valence-electron chi connectivity index (χ1n) is 7.59. The van der Waals surface area contributed by atoms with Gasteiger partial charge in [0, 0.05) is 30.6 Å². The lowest BCUT2D eigenvalue weighted by atomic mass is 9.96. The highest BCUT2D eigenvalue weighted by molar-refractivity contribution is 6.09. The molecular formula is C17H18N6. The van der Waals surface area contributed by atoms with Gasteiger partial charge in [-0.15, -0.1) is 0 Å². The van der Waals surface area contributed by atoms with Gasteiger partial charge in [-0.1, -0.05) is 0 Å². The van der Waals surface area contributed by atoms with Crippen LogP contribution in [0.4, 0.5) is 0 Å². The van der Waals surface area contributed by atoms with Crippen LogP contribution < -0.4 is 5.32 Å². The zero-order chi connectivity index (χ0) is 16.4. The van der Waals surface area contributed by atoms with E-state index in [1.54, 1.807) is 17.9 Å². The van der Waals surface area contributed by atoms with E-state index in [0.29, 0.717) is 6.42 Å². The molecule has 0 amide bonds. The summed E-state index contributed by atoms with van der Waals surface area (Å²) in [5, 5.41) is 26.1. The van der Waals surface area contributed by atoms with Crippen LogP contribution in [0.1, 0.15) is 37.8 Å². The smallest absolute Gasteiger partial charge is 0.132 e. The number of nitrogens with zero attached hydrogens (tertiary/aromatic N) is 5. The Morgan fingerprint density at radius 1 is 1.52 bits per heavy atom. The summed E-state index contributed by atoms with van der Waals surface area (Å²) < 4.78 is 1.79. The second-order valence-corrected chi connectivity index (χ2v) is 5.94. The zero-order valence-electron chi connectivity index (χ0n) is 13.2. The monoisotopic (exact) mass is 306 g/mol. The van der Waals surface area contributed by atoms with Gasteiger partial charge >= 0.3 is 0 Å². The third-order valence-electron chi connectivity index (χ3n) is 4.64. The van der Waals surface area contributed by atoms with Gasteiger partial charge in [-0.05, 0) is 31.4 Å². The predicted octanol–water partition coefficient (Wildman–Crippen LogP) is 2.56. The Bertz CT molecular complexity index is 792. The molecule has 0 radical (unpaired) electrons. The zero-order valence-corrected chi connectivity index (χ0v) is 13.2. The van der Waals surface area contributed by atoms with Crippen molar-refractivity contribution >= 4 is 11.4 Å². The van der Waals surface area contributed by atoms with Crippen molar-refractivity contribution in [2.75, 3.05) is 7.05 Å². The summed E-state index contributed by atoms with van der Waals surface area (Å²) in [7, 11) is 1.75. The Hall–Kier alpha value is -2.86. The fraction of sp³-hybridized carbons (Fsp3) is 0.412. The van der Waals surface area contributed by atoms with Crippen LogP contribution in [-0.4, -0.2) is 22.7 Å². The van der Waals surface area contributed by atoms with E-state index >= 15 is 0 Å². The minimum absolute atomic E-state index is 0.180. The quantitative estimate of drug-likeness (QED) is 0.925. The van der Waals surface area contributed by atoms with Crippen molar-refractivity contribution in [3.05, 3.63) is 35.8 Å². The maximum absolute atomic E-state index is 9.43. The Kier molecular flexibility index (Phi) is 3.75. The van der Waals surface area contributed by atoms with Crippen LogP contribution in [0.3, 0.4) is 0 Å². The van der Waals surface area contributed by atoms with Crippen molar-refractivity contribution < 1.29 is 0 Å². The lowest BCUT2D eigenvalue weighted by Gasteiger charge is -2.18. The van der Waals surface area contributed by atoms with E-state index in [-0.39, 0.29) is 6.04 Å². The van der Waals surface area contributed by atoms with Crippen molar-refractivity contribution in [2.45, 2.75) is 32.2 Å². The van der Waals surface area contributed by atoms with Crippen molar-refractivity contribution in [1.29, 1.82) is 10.5 Å². The molecule has 0 spiro atoms. The maximum atomic E-state index is 9.43. The molecule has 6 nitrogen and oxygen atoms in total. The van der Waals surface area contributed by atoms with Gasteiger partial charge in [-0.2, -0.15) is 15.6 Å². The average molecular weight is 306 g/mol. The maximum Gasteiger partial charge on any atom is 0.132 e. The van der Waals surface area contributed by atoms with Crippen LogP contribution in [0.25, 0.3) is 5.57 Å². The summed E-state index contributed by atoms with van der Waals surface area (Å²) in [5.74, 6) is 0.833. The molecule has 23 heavy (non-hydrogen) atoms. The molecule has 6 heteroatoms. The molecular weight excluding hydrogens is 288 g/mol. The van der Waals surface area contributed by atoms with Crippen LogP contribution in [0.2, 0.25) is 0 Å². The summed E-state index contributed by atoms with van der Waals surface area (Å²) in [5.41, 5.74) is 2.65. The highest BCUT2D eigenvalue weighted by atomic mass is 15.3. The minimum Gasteiger partial charge on any atom is -0.346 e. The number of aliphatic imine (C=N–C) groups is 1. The van der Waals surface area contributed by atoms with Gasteiger partial charge in [-0.25, -0.2) is 0 Å². The first-order chi connectivity index (χ1) is 11.1. The standard InChI is InChI=1S/C17H18N6/c1-12(14-4-8-21-16(14)20-2)13-9-22-23(10-13)15(3-7-18)17(11-19)5-6-17/h4,8-10,15H,3,5-6H2,1-2H3,(H,20,21)/b14-12+. The largest absolute Gasteiger partial charge is 0.346 e. The number of hydrogen-bond acceptors (Lipinski definition) is 4. The molecule has 1 aromatic heterocycles. The molecule has 1 aliphatic carbocycles. The number of nitriles is 2. The SMILES string of the molecule is CN=C1NC=C/C1=C(/C)c1cnn(C(CC#N)C2(C#N)CC2)c1. The number of aromatic nitrogens is 2. The number of hydrogen-bond donors (Lipinski definition) is 1. The lowest BCUT2D eigenvalue weighted by Crippen LogP contribution is -2.19. The molecule has 1 atom stereocenters. The average Bonchev–Trinajstić information content (AvgIpc) is 3.01. The van der Waals surface area contributed by atoms with Crippen molar-refractivity contribution in [3.63, 3.8) is 0 Å². The van der Waals surface area contributed by atoms with Gasteiger partial charge in [0.25, 0.3) is 0 Å². The van der Waals surface area contributed by atoms with Crippen molar-refractivity contribution in [2.24, 2.45) is 10.4 Å². The van der Waals surface area contributed by atoms with Gasteiger partial charge in [0.05, 0.1) is 36.2 Å². The first-order valence-corrected chi connectivity index (χ1v) is 7.59. The first kappa shape index (κ1) is 15.1. The molecule has 1 aliphatic heterocycles. The van der Waals surface area contributed by atoms with E-state index in [1.807, 2.05) is 25.4 Å². The van der Waals surface area contributed by atoms with Crippen LogP contribution in [0, 0.1) is 28.1 Å². The Labute approximate surface area is 135 Å². The molecule has 116 valence electrons. The molecule has 2 aliphatic rings. The van der Waals surface area contributed by atoms with E-state index < -0.39 is 5.41 Å². The summed E-state index contributed by atoms with van der Waals surface area (Å²) in [6.45, 7) is 2.02. The van der Waals surface area contributed by atoms with Crippen molar-refractivity contribution in [1.82, 2.24) is 15.1 Å². The third kappa shape index (κ3) is 2.53. The Morgan fingerprint density at radius 3 is 2.91 bits per heavy atom. The predicted molar refractivity (Wildman–Crippen MR) is 87.0 cm³/mol. The van der Waals surface area contributed by atoms with Crippen LogP contribution >= 0.6 is 0 Å². The molecule has 1 fully saturated rings. The molecule has 0 bridgehead atoms. The van der Waals surface area contributed by atoms with E-state index in [4.69, 9.17) is 5.26 Å². The van der Waals surface area contributed by atoms with Crippen LogP contribution in [0.15, 0.2) is 35.2 Å². The molecule has 3 rings (SSSR count). The van der Waals surface area contributed by atoms with E-state index in [1.165, 1.54) is 0 Å². The fourth-order valence-corrected chi connectivity index (χ4v) is 2.99. The number of allylic oxidation sites excluding steroid dienone is 1.